The smallest absolute Gasteiger partial charge is 0.265 e. The number of carbonyl (C=O) groups is 1. The molecule has 0 radical (unpaired) electrons. The summed E-state index contributed by atoms with van der Waals surface area (Å²) in [5.74, 6) is 0.628. The van der Waals surface area contributed by atoms with Gasteiger partial charge >= 0.3 is 0 Å². The minimum atomic E-state index is -0.188. The second kappa shape index (κ2) is 9.00. The molecule has 0 atom stereocenters. The van der Waals surface area contributed by atoms with Crippen molar-refractivity contribution in [1.29, 1.82) is 0 Å². The summed E-state index contributed by atoms with van der Waals surface area (Å²) >= 11 is 1.39. The molecule has 8 heteroatoms. The van der Waals surface area contributed by atoms with Crippen molar-refractivity contribution < 1.29 is 14.2 Å². The van der Waals surface area contributed by atoms with E-state index in [1.54, 1.807) is 0 Å². The molecule has 2 aromatic heterocycles. The maximum Gasteiger partial charge on any atom is 0.265 e. The number of thiophene rings is 1. The molecule has 5 rings (SSSR count). The average molecular weight is 449 g/mol. The molecule has 2 aromatic carbocycles. The topological polar surface area (TPSA) is 80.5 Å². The number of fused-ring (bicyclic) bond motifs is 1. The molecule has 32 heavy (non-hydrogen) atoms. The van der Waals surface area contributed by atoms with E-state index in [1.165, 1.54) is 30.6 Å². The number of aryl methyl sites for hydroxylation is 1. The van der Waals surface area contributed by atoms with E-state index in [4.69, 9.17) is 9.37 Å². The van der Waals surface area contributed by atoms with Crippen LogP contribution in [0.1, 0.15) is 40.1 Å². The SMILES string of the molecule is Cc1cccc(OCc2csc(C(=O)Nc3ccc(N4CCCCC4)c4nonc34)c2)c1. The molecule has 0 saturated carbocycles. The summed E-state index contributed by atoms with van der Waals surface area (Å²) in [7, 11) is 0. The lowest BCUT2D eigenvalue weighted by atomic mass is 10.1. The molecule has 3 heterocycles. The Bertz CT molecular complexity index is 1240. The third-order valence-corrected chi connectivity index (χ3v) is 6.59. The number of rotatable bonds is 6. The van der Waals surface area contributed by atoms with Crippen LogP contribution < -0.4 is 15.0 Å². The second-order valence-electron chi connectivity index (χ2n) is 8.02. The number of hydrogen-bond donors (Lipinski definition) is 1. The van der Waals surface area contributed by atoms with Crippen molar-refractivity contribution in [2.75, 3.05) is 23.3 Å². The van der Waals surface area contributed by atoms with Gasteiger partial charge in [0.05, 0.1) is 16.3 Å². The molecule has 1 amide bonds. The Labute approximate surface area is 190 Å². The summed E-state index contributed by atoms with van der Waals surface area (Å²) in [6.45, 7) is 4.43. The summed E-state index contributed by atoms with van der Waals surface area (Å²) < 4.78 is 10.9. The van der Waals surface area contributed by atoms with Crippen LogP contribution in [-0.2, 0) is 6.61 Å². The summed E-state index contributed by atoms with van der Waals surface area (Å²) in [4.78, 5) is 15.8. The van der Waals surface area contributed by atoms with Crippen LogP contribution >= 0.6 is 11.3 Å². The standard InChI is InChI=1S/C24H24N4O3S/c1-16-6-5-7-18(12-16)30-14-17-13-21(32-15-17)24(29)25-19-8-9-20(23-22(19)26-31-27-23)28-10-3-2-4-11-28/h5-9,12-13,15H,2-4,10-11,14H2,1H3,(H,25,29). The highest BCUT2D eigenvalue weighted by Gasteiger charge is 2.20. The van der Waals surface area contributed by atoms with Crippen molar-refractivity contribution in [3.63, 3.8) is 0 Å². The fourth-order valence-corrected chi connectivity index (χ4v) is 4.76. The fraction of sp³-hybridized carbons (Fsp3) is 0.292. The first-order chi connectivity index (χ1) is 15.7. The molecule has 1 aliphatic rings. The minimum absolute atomic E-state index is 0.188. The zero-order valence-corrected chi connectivity index (χ0v) is 18.7. The Balaban J connectivity index is 1.28. The number of benzene rings is 2. The lowest BCUT2D eigenvalue weighted by Crippen LogP contribution is -2.29. The Kier molecular flexibility index (Phi) is 5.77. The van der Waals surface area contributed by atoms with Crippen LogP contribution in [-0.4, -0.2) is 29.3 Å². The van der Waals surface area contributed by atoms with Gasteiger partial charge in [-0.3, -0.25) is 4.79 Å². The number of piperidine rings is 1. The number of hydrogen-bond acceptors (Lipinski definition) is 7. The predicted molar refractivity (Wildman–Crippen MR) is 126 cm³/mol. The molecule has 0 bridgehead atoms. The van der Waals surface area contributed by atoms with Crippen molar-refractivity contribution in [3.8, 4) is 5.75 Å². The molecule has 1 N–H and O–H groups in total. The van der Waals surface area contributed by atoms with Gasteiger partial charge < -0.3 is 15.0 Å². The molecular formula is C24H24N4O3S. The summed E-state index contributed by atoms with van der Waals surface area (Å²) in [5, 5.41) is 13.1. The summed E-state index contributed by atoms with van der Waals surface area (Å²) in [6.07, 6.45) is 3.59. The summed E-state index contributed by atoms with van der Waals surface area (Å²) in [5.41, 5.74) is 4.95. The normalized spacial score (nSPS) is 14.0. The highest BCUT2D eigenvalue weighted by atomic mass is 32.1. The number of nitrogens with one attached hydrogen (secondary N) is 1. The first-order valence-corrected chi connectivity index (χ1v) is 11.6. The van der Waals surface area contributed by atoms with Gasteiger partial charge in [-0.05, 0) is 77.8 Å². The number of nitrogens with zero attached hydrogens (tertiary/aromatic N) is 3. The Morgan fingerprint density at radius 1 is 1.12 bits per heavy atom. The van der Waals surface area contributed by atoms with E-state index in [1.807, 2.05) is 54.8 Å². The lowest BCUT2D eigenvalue weighted by molar-refractivity contribution is 0.103. The Hall–Kier alpha value is -3.39. The van der Waals surface area contributed by atoms with E-state index >= 15 is 0 Å². The van der Waals surface area contributed by atoms with Crippen molar-refractivity contribution in [3.05, 3.63) is 63.8 Å². The lowest BCUT2D eigenvalue weighted by Gasteiger charge is -2.28. The fourth-order valence-electron chi connectivity index (χ4n) is 3.97. The second-order valence-corrected chi connectivity index (χ2v) is 8.93. The van der Waals surface area contributed by atoms with Crippen molar-refractivity contribution in [1.82, 2.24) is 10.3 Å². The average Bonchev–Trinajstić information content (AvgIpc) is 3.49. The first-order valence-electron chi connectivity index (χ1n) is 10.8. The molecular weight excluding hydrogens is 424 g/mol. The molecule has 1 saturated heterocycles. The van der Waals surface area contributed by atoms with Crippen molar-refractivity contribution in [2.45, 2.75) is 32.8 Å². The molecule has 0 unspecified atom stereocenters. The number of carbonyl (C=O) groups excluding carboxylic acids is 1. The van der Waals surface area contributed by atoms with Gasteiger partial charge in [-0.15, -0.1) is 11.3 Å². The quantitative estimate of drug-likeness (QED) is 0.425. The van der Waals surface area contributed by atoms with E-state index in [0.29, 0.717) is 28.2 Å². The van der Waals surface area contributed by atoms with Gasteiger partial charge in [0.2, 0.25) is 0 Å². The number of anilines is 2. The highest BCUT2D eigenvalue weighted by Crippen LogP contribution is 2.32. The largest absolute Gasteiger partial charge is 0.489 e. The van der Waals surface area contributed by atoms with Gasteiger partial charge in [-0.2, -0.15) is 0 Å². The molecule has 4 aromatic rings. The minimum Gasteiger partial charge on any atom is -0.489 e. The third kappa shape index (κ3) is 4.31. The molecule has 7 nitrogen and oxygen atoms in total. The zero-order chi connectivity index (χ0) is 21.9. The number of aromatic nitrogens is 2. The van der Waals surface area contributed by atoms with Crippen LogP contribution in [0.25, 0.3) is 11.0 Å². The van der Waals surface area contributed by atoms with E-state index in [9.17, 15) is 4.79 Å². The van der Waals surface area contributed by atoms with Crippen LogP contribution in [0.3, 0.4) is 0 Å². The third-order valence-electron chi connectivity index (χ3n) is 5.61. The highest BCUT2D eigenvalue weighted by molar-refractivity contribution is 7.12. The zero-order valence-electron chi connectivity index (χ0n) is 17.8. The molecule has 164 valence electrons. The van der Waals surface area contributed by atoms with Gasteiger partial charge in [0.25, 0.3) is 5.91 Å². The first kappa shape index (κ1) is 20.5. The van der Waals surface area contributed by atoms with E-state index in [0.717, 1.165) is 35.7 Å². The van der Waals surface area contributed by atoms with E-state index in [2.05, 4.69) is 20.5 Å². The van der Waals surface area contributed by atoms with Gasteiger partial charge in [-0.1, -0.05) is 12.1 Å². The maximum absolute atomic E-state index is 12.9. The molecule has 0 aliphatic carbocycles. The molecule has 1 aliphatic heterocycles. The summed E-state index contributed by atoms with van der Waals surface area (Å²) in [6, 6.07) is 13.6. The predicted octanol–water partition coefficient (Wildman–Crippen LogP) is 5.41. The van der Waals surface area contributed by atoms with Crippen LogP contribution in [0.15, 0.2) is 52.5 Å². The van der Waals surface area contributed by atoms with Crippen LogP contribution in [0.2, 0.25) is 0 Å². The number of amides is 1. The van der Waals surface area contributed by atoms with Crippen LogP contribution in [0.5, 0.6) is 5.75 Å². The maximum atomic E-state index is 12.9. The van der Waals surface area contributed by atoms with Gasteiger partial charge in [0, 0.05) is 18.7 Å². The van der Waals surface area contributed by atoms with E-state index < -0.39 is 0 Å². The van der Waals surface area contributed by atoms with Gasteiger partial charge in [0.15, 0.2) is 11.0 Å². The van der Waals surface area contributed by atoms with Crippen molar-refractivity contribution >= 4 is 39.7 Å². The van der Waals surface area contributed by atoms with Crippen molar-refractivity contribution in [2.24, 2.45) is 0 Å². The van der Waals surface area contributed by atoms with E-state index in [-0.39, 0.29) is 5.91 Å². The monoisotopic (exact) mass is 448 g/mol. The van der Waals surface area contributed by atoms with Gasteiger partial charge in [0.1, 0.15) is 12.4 Å². The van der Waals surface area contributed by atoms with Crippen LogP contribution in [0.4, 0.5) is 11.4 Å². The van der Waals surface area contributed by atoms with Crippen LogP contribution in [0, 0.1) is 6.92 Å². The number of ether oxygens (including phenoxy) is 1. The molecule has 0 spiro atoms. The molecule has 1 fully saturated rings. The Morgan fingerprint density at radius 2 is 1.97 bits per heavy atom. The van der Waals surface area contributed by atoms with Gasteiger partial charge in [-0.25, -0.2) is 4.63 Å². The Morgan fingerprint density at radius 3 is 2.81 bits per heavy atom.